The fourth-order valence-corrected chi connectivity index (χ4v) is 3.37. The average molecular weight is 364 g/mol. The molecule has 7 heteroatoms. The van der Waals surface area contributed by atoms with E-state index in [-0.39, 0.29) is 17.6 Å². The third-order valence-corrected chi connectivity index (χ3v) is 5.02. The second-order valence-electron chi connectivity index (χ2n) is 6.00. The monoisotopic (exact) mass is 364 g/mol. The summed E-state index contributed by atoms with van der Waals surface area (Å²) in [6.45, 7) is 3.50. The fraction of sp³-hybridized carbons (Fsp3) is 0.500. The Balaban J connectivity index is 1.81. The Morgan fingerprint density at radius 3 is 2.56 bits per heavy atom. The lowest BCUT2D eigenvalue weighted by molar-refractivity contribution is -0.129. The standard InChI is InChI=1S/C18H24N2O4S/c1-13-6-7-14(18(23)24-2)10-15(13)19-16(21)11-25-12-17(22)20-8-4-3-5-9-20/h6-7,10H,3-5,8-9,11-12H2,1-2H3,(H,19,21). The molecule has 1 heterocycles. The number of anilines is 1. The van der Waals surface area contributed by atoms with Gasteiger partial charge in [-0.25, -0.2) is 4.79 Å². The molecule has 0 bridgehead atoms. The van der Waals surface area contributed by atoms with Crippen molar-refractivity contribution in [3.05, 3.63) is 29.3 Å². The molecular formula is C18H24N2O4S. The van der Waals surface area contributed by atoms with Crippen LogP contribution in [0.25, 0.3) is 0 Å². The van der Waals surface area contributed by atoms with Gasteiger partial charge in [-0.3, -0.25) is 9.59 Å². The molecule has 25 heavy (non-hydrogen) atoms. The number of methoxy groups -OCH3 is 1. The van der Waals surface area contributed by atoms with Gasteiger partial charge in [-0.05, 0) is 43.9 Å². The van der Waals surface area contributed by atoms with Crippen molar-refractivity contribution in [3.8, 4) is 0 Å². The Bertz CT molecular complexity index is 642. The van der Waals surface area contributed by atoms with E-state index in [1.807, 2.05) is 11.8 Å². The lowest BCUT2D eigenvalue weighted by Crippen LogP contribution is -2.37. The second kappa shape index (κ2) is 9.46. The quantitative estimate of drug-likeness (QED) is 0.785. The lowest BCUT2D eigenvalue weighted by atomic mass is 10.1. The van der Waals surface area contributed by atoms with Crippen LogP contribution in [0, 0.1) is 6.92 Å². The van der Waals surface area contributed by atoms with Crippen LogP contribution in [0.15, 0.2) is 18.2 Å². The van der Waals surface area contributed by atoms with Crippen LogP contribution in [0.3, 0.4) is 0 Å². The fourth-order valence-electron chi connectivity index (χ4n) is 2.65. The normalized spacial score (nSPS) is 14.1. The Morgan fingerprint density at radius 1 is 1.16 bits per heavy atom. The van der Waals surface area contributed by atoms with Crippen molar-refractivity contribution < 1.29 is 19.1 Å². The number of carbonyl (C=O) groups is 3. The van der Waals surface area contributed by atoms with Crippen LogP contribution in [-0.4, -0.2) is 54.4 Å². The maximum Gasteiger partial charge on any atom is 0.337 e. The summed E-state index contributed by atoms with van der Waals surface area (Å²) in [5, 5.41) is 2.79. The first kappa shape index (κ1) is 19.3. The number of rotatable bonds is 6. The van der Waals surface area contributed by atoms with Crippen LogP contribution in [0.5, 0.6) is 0 Å². The van der Waals surface area contributed by atoms with E-state index in [1.54, 1.807) is 18.2 Å². The van der Waals surface area contributed by atoms with E-state index in [1.165, 1.54) is 25.3 Å². The molecule has 2 amide bonds. The number of nitrogens with one attached hydrogen (secondary N) is 1. The summed E-state index contributed by atoms with van der Waals surface area (Å²) in [5.74, 6) is -0.0317. The van der Waals surface area contributed by atoms with Gasteiger partial charge in [-0.15, -0.1) is 11.8 Å². The Kier molecular flexibility index (Phi) is 7.31. The molecule has 1 aliphatic heterocycles. The van der Waals surface area contributed by atoms with Crippen LogP contribution < -0.4 is 5.32 Å². The van der Waals surface area contributed by atoms with Crippen molar-refractivity contribution in [1.29, 1.82) is 0 Å². The third kappa shape index (κ3) is 5.77. The number of piperidine rings is 1. The number of likely N-dealkylation sites (tertiary alicyclic amines) is 1. The molecule has 0 aromatic heterocycles. The molecule has 2 rings (SSSR count). The summed E-state index contributed by atoms with van der Waals surface area (Å²) >= 11 is 1.31. The van der Waals surface area contributed by atoms with Crippen LogP contribution in [0.2, 0.25) is 0 Å². The van der Waals surface area contributed by atoms with Crippen LogP contribution in [0.1, 0.15) is 35.2 Å². The maximum atomic E-state index is 12.1. The predicted molar refractivity (Wildman–Crippen MR) is 98.9 cm³/mol. The Hall–Kier alpha value is -2.02. The predicted octanol–water partition coefficient (Wildman–Crippen LogP) is 2.47. The summed E-state index contributed by atoms with van der Waals surface area (Å²) in [4.78, 5) is 37.6. The number of amides is 2. The zero-order chi connectivity index (χ0) is 18.2. The number of hydrogen-bond donors (Lipinski definition) is 1. The number of thioether (sulfide) groups is 1. The number of nitrogens with zero attached hydrogens (tertiary/aromatic N) is 1. The van der Waals surface area contributed by atoms with E-state index >= 15 is 0 Å². The highest BCUT2D eigenvalue weighted by Gasteiger charge is 2.17. The van der Waals surface area contributed by atoms with Gasteiger partial charge in [0.25, 0.3) is 0 Å². The maximum absolute atomic E-state index is 12.1. The molecule has 0 spiro atoms. The summed E-state index contributed by atoms with van der Waals surface area (Å²) in [6, 6.07) is 5.01. The van der Waals surface area contributed by atoms with E-state index in [0.29, 0.717) is 17.0 Å². The highest BCUT2D eigenvalue weighted by atomic mass is 32.2. The lowest BCUT2D eigenvalue weighted by Gasteiger charge is -2.26. The molecule has 0 unspecified atom stereocenters. The summed E-state index contributed by atoms with van der Waals surface area (Å²) < 4.78 is 4.69. The molecule has 6 nitrogen and oxygen atoms in total. The van der Waals surface area contributed by atoms with Gasteiger partial charge in [0, 0.05) is 18.8 Å². The van der Waals surface area contributed by atoms with Gasteiger partial charge in [0.2, 0.25) is 11.8 Å². The largest absolute Gasteiger partial charge is 0.465 e. The molecule has 1 aromatic carbocycles. The molecule has 1 aromatic rings. The highest BCUT2D eigenvalue weighted by molar-refractivity contribution is 8.00. The zero-order valence-corrected chi connectivity index (χ0v) is 15.5. The number of ether oxygens (including phenoxy) is 1. The topological polar surface area (TPSA) is 75.7 Å². The molecule has 1 saturated heterocycles. The third-order valence-electron chi connectivity index (χ3n) is 4.10. The number of hydrogen-bond acceptors (Lipinski definition) is 5. The molecule has 1 aliphatic rings. The van der Waals surface area contributed by atoms with Crippen molar-refractivity contribution in [2.75, 3.05) is 37.0 Å². The molecule has 0 radical (unpaired) electrons. The molecular weight excluding hydrogens is 340 g/mol. The van der Waals surface area contributed by atoms with Crippen molar-refractivity contribution >= 4 is 35.2 Å². The minimum atomic E-state index is -0.447. The smallest absolute Gasteiger partial charge is 0.337 e. The van der Waals surface area contributed by atoms with Gasteiger partial charge < -0.3 is 15.0 Å². The van der Waals surface area contributed by atoms with E-state index in [0.717, 1.165) is 31.5 Å². The van der Waals surface area contributed by atoms with E-state index < -0.39 is 5.97 Å². The average Bonchev–Trinajstić information content (AvgIpc) is 2.63. The first-order valence-corrected chi connectivity index (χ1v) is 9.51. The summed E-state index contributed by atoms with van der Waals surface area (Å²) in [6.07, 6.45) is 3.31. The Labute approximate surface area is 152 Å². The highest BCUT2D eigenvalue weighted by Crippen LogP contribution is 2.18. The first-order chi connectivity index (χ1) is 12.0. The molecule has 136 valence electrons. The van der Waals surface area contributed by atoms with Crippen molar-refractivity contribution in [1.82, 2.24) is 4.90 Å². The molecule has 0 aliphatic carbocycles. The molecule has 0 saturated carbocycles. The number of esters is 1. The SMILES string of the molecule is COC(=O)c1ccc(C)c(NC(=O)CSCC(=O)N2CCCCC2)c1. The van der Waals surface area contributed by atoms with Crippen molar-refractivity contribution in [2.24, 2.45) is 0 Å². The molecule has 1 fully saturated rings. The number of aryl methyl sites for hydroxylation is 1. The first-order valence-electron chi connectivity index (χ1n) is 8.35. The van der Waals surface area contributed by atoms with Gasteiger partial charge in [-0.2, -0.15) is 0 Å². The molecule has 0 atom stereocenters. The van der Waals surface area contributed by atoms with Gasteiger partial charge in [0.15, 0.2) is 0 Å². The minimum absolute atomic E-state index is 0.0985. The zero-order valence-electron chi connectivity index (χ0n) is 14.7. The molecule has 1 N–H and O–H groups in total. The van der Waals surface area contributed by atoms with Crippen molar-refractivity contribution in [2.45, 2.75) is 26.2 Å². The van der Waals surface area contributed by atoms with Gasteiger partial charge in [0.1, 0.15) is 0 Å². The number of carbonyl (C=O) groups excluding carboxylic acids is 3. The van der Waals surface area contributed by atoms with Crippen molar-refractivity contribution in [3.63, 3.8) is 0 Å². The van der Waals surface area contributed by atoms with E-state index in [4.69, 9.17) is 0 Å². The van der Waals surface area contributed by atoms with Crippen LogP contribution in [0.4, 0.5) is 5.69 Å². The van der Waals surface area contributed by atoms with Gasteiger partial charge in [0.05, 0.1) is 24.2 Å². The second-order valence-corrected chi connectivity index (χ2v) is 6.99. The van der Waals surface area contributed by atoms with Gasteiger partial charge in [-0.1, -0.05) is 6.07 Å². The van der Waals surface area contributed by atoms with Gasteiger partial charge >= 0.3 is 5.97 Å². The summed E-state index contributed by atoms with van der Waals surface area (Å²) in [5.41, 5.74) is 1.82. The van der Waals surface area contributed by atoms with Crippen LogP contribution >= 0.6 is 11.8 Å². The minimum Gasteiger partial charge on any atom is -0.465 e. The summed E-state index contributed by atoms with van der Waals surface area (Å²) in [7, 11) is 1.32. The van der Waals surface area contributed by atoms with Crippen LogP contribution in [-0.2, 0) is 14.3 Å². The Morgan fingerprint density at radius 2 is 1.88 bits per heavy atom. The van der Waals surface area contributed by atoms with E-state index in [2.05, 4.69) is 10.1 Å². The number of benzene rings is 1. The van der Waals surface area contributed by atoms with E-state index in [9.17, 15) is 14.4 Å².